The Hall–Kier alpha value is -0.860. The van der Waals surface area contributed by atoms with Gasteiger partial charge in [0.05, 0.1) is 25.0 Å². The lowest BCUT2D eigenvalue weighted by molar-refractivity contribution is 0.00319. The molecule has 0 spiro atoms. The van der Waals surface area contributed by atoms with Crippen LogP contribution in [0, 0.1) is 0 Å². The monoisotopic (exact) mass is 334 g/mol. The molecular formula is C13H19ClN2O4S. The van der Waals surface area contributed by atoms with Crippen LogP contribution in [0.2, 0.25) is 5.02 Å². The van der Waals surface area contributed by atoms with Crippen molar-refractivity contribution in [1.29, 1.82) is 0 Å². The van der Waals surface area contributed by atoms with E-state index in [9.17, 15) is 8.42 Å². The zero-order valence-corrected chi connectivity index (χ0v) is 13.1. The third kappa shape index (κ3) is 3.87. The number of halogens is 1. The molecule has 1 aromatic carbocycles. The third-order valence-corrected chi connectivity index (χ3v) is 5.63. The molecule has 0 bridgehead atoms. The van der Waals surface area contributed by atoms with Crippen LogP contribution in [0.25, 0.3) is 0 Å². The van der Waals surface area contributed by atoms with Gasteiger partial charge in [0.1, 0.15) is 4.90 Å². The van der Waals surface area contributed by atoms with Gasteiger partial charge in [-0.05, 0) is 31.0 Å². The summed E-state index contributed by atoms with van der Waals surface area (Å²) in [6.07, 6.45) is 1.18. The Labute approximate surface area is 129 Å². The van der Waals surface area contributed by atoms with Crippen LogP contribution in [0.4, 0.5) is 5.69 Å². The molecule has 118 valence electrons. The SMILES string of the molecule is Nc1ccc(Cl)cc1S(=O)(=O)N1CCC(OCCO)CC1. The maximum Gasteiger partial charge on any atom is 0.245 e. The van der Waals surface area contributed by atoms with Crippen molar-refractivity contribution in [2.45, 2.75) is 23.8 Å². The van der Waals surface area contributed by atoms with Crippen molar-refractivity contribution < 1.29 is 18.3 Å². The summed E-state index contributed by atoms with van der Waals surface area (Å²) in [4.78, 5) is 0.0460. The smallest absolute Gasteiger partial charge is 0.245 e. The molecule has 0 radical (unpaired) electrons. The fourth-order valence-corrected chi connectivity index (χ4v) is 4.18. The van der Waals surface area contributed by atoms with Gasteiger partial charge in [0.25, 0.3) is 0 Å². The molecule has 0 aromatic heterocycles. The van der Waals surface area contributed by atoms with E-state index in [2.05, 4.69) is 0 Å². The molecule has 1 heterocycles. The second kappa shape index (κ2) is 6.93. The summed E-state index contributed by atoms with van der Waals surface area (Å²) >= 11 is 5.86. The highest BCUT2D eigenvalue weighted by molar-refractivity contribution is 7.89. The topological polar surface area (TPSA) is 92.9 Å². The minimum atomic E-state index is -3.64. The molecule has 6 nitrogen and oxygen atoms in total. The Kier molecular flexibility index (Phi) is 5.45. The summed E-state index contributed by atoms with van der Waals surface area (Å²) in [5.74, 6) is 0. The van der Waals surface area contributed by atoms with Gasteiger partial charge >= 0.3 is 0 Å². The lowest BCUT2D eigenvalue weighted by Crippen LogP contribution is -2.41. The highest BCUT2D eigenvalue weighted by Gasteiger charge is 2.31. The summed E-state index contributed by atoms with van der Waals surface area (Å²) < 4.78 is 32.0. The van der Waals surface area contributed by atoms with Gasteiger partial charge in [-0.2, -0.15) is 4.31 Å². The Morgan fingerprint density at radius 3 is 2.67 bits per heavy atom. The highest BCUT2D eigenvalue weighted by atomic mass is 35.5. The number of piperidine rings is 1. The zero-order chi connectivity index (χ0) is 15.5. The number of anilines is 1. The molecule has 21 heavy (non-hydrogen) atoms. The van der Waals surface area contributed by atoms with Crippen LogP contribution < -0.4 is 5.73 Å². The number of nitrogens with two attached hydrogens (primary N) is 1. The van der Waals surface area contributed by atoms with Crippen LogP contribution in [0.3, 0.4) is 0 Å². The van der Waals surface area contributed by atoms with Crippen LogP contribution >= 0.6 is 11.6 Å². The van der Waals surface area contributed by atoms with Gasteiger partial charge in [-0.3, -0.25) is 0 Å². The van der Waals surface area contributed by atoms with E-state index in [4.69, 9.17) is 27.2 Å². The van der Waals surface area contributed by atoms with E-state index in [-0.39, 0.29) is 29.9 Å². The van der Waals surface area contributed by atoms with Gasteiger partial charge in [-0.15, -0.1) is 0 Å². The lowest BCUT2D eigenvalue weighted by atomic mass is 10.1. The van der Waals surface area contributed by atoms with Crippen LogP contribution in [0.15, 0.2) is 23.1 Å². The predicted octanol–water partition coefficient (Wildman–Crippen LogP) is 1.08. The molecule has 0 aliphatic carbocycles. The fourth-order valence-electron chi connectivity index (χ4n) is 2.33. The van der Waals surface area contributed by atoms with Crippen molar-refractivity contribution in [3.63, 3.8) is 0 Å². The molecule has 1 saturated heterocycles. The Balaban J connectivity index is 2.10. The Morgan fingerprint density at radius 1 is 1.38 bits per heavy atom. The zero-order valence-electron chi connectivity index (χ0n) is 11.5. The van der Waals surface area contributed by atoms with E-state index in [0.717, 1.165) is 0 Å². The molecule has 8 heteroatoms. The summed E-state index contributed by atoms with van der Waals surface area (Å²) in [6.45, 7) is 0.977. The number of nitrogens with zero attached hydrogens (tertiary/aromatic N) is 1. The summed E-state index contributed by atoms with van der Waals surface area (Å²) in [5, 5.41) is 9.06. The lowest BCUT2D eigenvalue weighted by Gasteiger charge is -2.31. The molecule has 0 amide bonds. The molecule has 0 saturated carbocycles. The van der Waals surface area contributed by atoms with Crippen molar-refractivity contribution in [2.24, 2.45) is 0 Å². The molecule has 1 aliphatic heterocycles. The first-order valence-corrected chi connectivity index (χ1v) is 8.54. The van der Waals surface area contributed by atoms with E-state index in [0.29, 0.717) is 31.0 Å². The van der Waals surface area contributed by atoms with Gasteiger partial charge in [0.15, 0.2) is 0 Å². The van der Waals surface area contributed by atoms with Crippen LogP contribution in [-0.2, 0) is 14.8 Å². The average molecular weight is 335 g/mol. The molecule has 2 rings (SSSR count). The van der Waals surface area contributed by atoms with Crippen molar-refractivity contribution in [1.82, 2.24) is 4.31 Å². The second-order valence-electron chi connectivity index (χ2n) is 4.88. The number of aliphatic hydroxyl groups is 1. The van der Waals surface area contributed by atoms with Crippen molar-refractivity contribution >= 4 is 27.3 Å². The van der Waals surface area contributed by atoms with Crippen molar-refractivity contribution in [3.05, 3.63) is 23.2 Å². The molecule has 3 N–H and O–H groups in total. The van der Waals surface area contributed by atoms with Crippen molar-refractivity contribution in [3.8, 4) is 0 Å². The predicted molar refractivity (Wildman–Crippen MR) is 80.7 cm³/mol. The number of sulfonamides is 1. The maximum atomic E-state index is 12.6. The maximum absolute atomic E-state index is 12.6. The van der Waals surface area contributed by atoms with Crippen LogP contribution in [-0.4, -0.2) is 50.2 Å². The van der Waals surface area contributed by atoms with Gasteiger partial charge in [0, 0.05) is 18.1 Å². The van der Waals surface area contributed by atoms with Crippen LogP contribution in [0.5, 0.6) is 0 Å². The van der Waals surface area contributed by atoms with E-state index in [1.54, 1.807) is 6.07 Å². The van der Waals surface area contributed by atoms with Gasteiger partial charge in [0.2, 0.25) is 10.0 Å². The normalized spacial score (nSPS) is 18.0. The van der Waals surface area contributed by atoms with E-state index in [1.165, 1.54) is 16.4 Å². The fraction of sp³-hybridized carbons (Fsp3) is 0.538. The first kappa shape index (κ1) is 16.5. The Morgan fingerprint density at radius 2 is 2.05 bits per heavy atom. The number of nitrogen functional groups attached to an aromatic ring is 1. The van der Waals surface area contributed by atoms with Crippen LogP contribution in [0.1, 0.15) is 12.8 Å². The highest BCUT2D eigenvalue weighted by Crippen LogP contribution is 2.28. The first-order valence-electron chi connectivity index (χ1n) is 6.73. The second-order valence-corrected chi connectivity index (χ2v) is 7.22. The van der Waals surface area contributed by atoms with E-state index < -0.39 is 10.0 Å². The third-order valence-electron chi connectivity index (χ3n) is 3.44. The average Bonchev–Trinajstić information content (AvgIpc) is 2.48. The van der Waals surface area contributed by atoms with Gasteiger partial charge < -0.3 is 15.6 Å². The molecule has 1 fully saturated rings. The number of aliphatic hydroxyl groups excluding tert-OH is 1. The number of benzene rings is 1. The minimum Gasteiger partial charge on any atom is -0.398 e. The summed E-state index contributed by atoms with van der Waals surface area (Å²) in [7, 11) is -3.64. The van der Waals surface area contributed by atoms with E-state index >= 15 is 0 Å². The molecule has 0 atom stereocenters. The van der Waals surface area contributed by atoms with Gasteiger partial charge in [-0.1, -0.05) is 11.6 Å². The molecular weight excluding hydrogens is 316 g/mol. The summed E-state index contributed by atoms with van der Waals surface area (Å²) in [5.41, 5.74) is 5.95. The number of hydrogen-bond acceptors (Lipinski definition) is 5. The number of rotatable bonds is 5. The molecule has 1 aliphatic rings. The number of ether oxygens (including phenoxy) is 1. The van der Waals surface area contributed by atoms with E-state index in [1.807, 2.05) is 0 Å². The quantitative estimate of drug-likeness (QED) is 0.786. The number of hydrogen-bond donors (Lipinski definition) is 2. The first-order chi connectivity index (χ1) is 9.95. The van der Waals surface area contributed by atoms with Crippen molar-refractivity contribution in [2.75, 3.05) is 32.0 Å². The minimum absolute atomic E-state index is 0.0136. The molecule has 1 aromatic rings. The molecule has 0 unspecified atom stereocenters. The largest absolute Gasteiger partial charge is 0.398 e. The summed E-state index contributed by atoms with van der Waals surface area (Å²) in [6, 6.07) is 4.43. The Bertz CT molecular complexity index is 586. The van der Waals surface area contributed by atoms with Gasteiger partial charge in [-0.25, -0.2) is 8.42 Å². The standard InChI is InChI=1S/C13H19ClN2O4S/c14-10-1-2-12(15)13(9-10)21(18,19)16-5-3-11(4-6-16)20-8-7-17/h1-2,9,11,17H,3-8,15H2.